The van der Waals surface area contributed by atoms with Gasteiger partial charge in [-0.15, -0.1) is 0 Å². The van der Waals surface area contributed by atoms with E-state index >= 15 is 0 Å². The van der Waals surface area contributed by atoms with Gasteiger partial charge in [0.1, 0.15) is 6.29 Å². The molecule has 5 rings (SSSR count). The van der Waals surface area contributed by atoms with Gasteiger partial charge in [-0.3, -0.25) is 0 Å². The number of hydrogen-bond donors (Lipinski definition) is 1. The van der Waals surface area contributed by atoms with Crippen LogP contribution in [0.25, 0.3) is 0 Å². The molecule has 4 fully saturated rings. The van der Waals surface area contributed by atoms with Gasteiger partial charge in [-0.1, -0.05) is 37.6 Å². The van der Waals surface area contributed by atoms with Crippen LogP contribution in [0, 0.1) is 52.8 Å². The molecular weight excluding hydrogens is 318 g/mol. The highest BCUT2D eigenvalue weighted by molar-refractivity contribution is 5.61. The summed E-state index contributed by atoms with van der Waals surface area (Å²) in [5, 5.41) is 0. The molecule has 10 atom stereocenters. The number of fused-ring (bicyclic) bond motifs is 4. The van der Waals surface area contributed by atoms with Crippen molar-refractivity contribution < 1.29 is 4.79 Å². The summed E-state index contributed by atoms with van der Waals surface area (Å²) in [6.07, 6.45) is 16.5. The molecule has 0 aromatic rings. The van der Waals surface area contributed by atoms with Crippen LogP contribution < -0.4 is 5.73 Å². The summed E-state index contributed by atoms with van der Waals surface area (Å²) in [4.78, 5) is 11.9. The maximum atomic E-state index is 11.9. The zero-order valence-corrected chi connectivity index (χ0v) is 16.3. The van der Waals surface area contributed by atoms with E-state index in [1.54, 1.807) is 0 Å². The second-order valence-corrected chi connectivity index (χ2v) is 10.4. The SMILES string of the molecule is C=C1CC[C@@H]2[C@H]([C@@H]3C[C@@H](C)C[C@H]13)[C@]2([C@H](N)C=O)[C@H]1C=C[C@H]2CCC[C@H]2C1. The number of rotatable bonds is 3. The Hall–Kier alpha value is -0.890. The highest BCUT2D eigenvalue weighted by atomic mass is 16.1. The summed E-state index contributed by atoms with van der Waals surface area (Å²) >= 11 is 0. The first-order valence-corrected chi connectivity index (χ1v) is 11.1. The van der Waals surface area contributed by atoms with Crippen molar-refractivity contribution in [1.82, 2.24) is 0 Å². The molecule has 2 N–H and O–H groups in total. The van der Waals surface area contributed by atoms with Gasteiger partial charge in [0.2, 0.25) is 0 Å². The van der Waals surface area contributed by atoms with E-state index in [2.05, 4.69) is 25.7 Å². The van der Waals surface area contributed by atoms with Crippen molar-refractivity contribution in [2.45, 2.75) is 64.3 Å². The highest BCUT2D eigenvalue weighted by Crippen LogP contribution is 2.75. The maximum absolute atomic E-state index is 11.9. The average molecular weight is 354 g/mol. The summed E-state index contributed by atoms with van der Waals surface area (Å²) < 4.78 is 0. The summed E-state index contributed by atoms with van der Waals surface area (Å²) in [5.74, 6) is 5.69. The van der Waals surface area contributed by atoms with Gasteiger partial charge in [0.15, 0.2) is 0 Å². The predicted molar refractivity (Wildman–Crippen MR) is 105 cm³/mol. The van der Waals surface area contributed by atoms with Crippen LogP contribution >= 0.6 is 0 Å². The largest absolute Gasteiger partial charge is 0.321 e. The summed E-state index contributed by atoms with van der Waals surface area (Å²) in [5.41, 5.74) is 8.17. The van der Waals surface area contributed by atoms with E-state index in [-0.39, 0.29) is 11.5 Å². The van der Waals surface area contributed by atoms with Gasteiger partial charge >= 0.3 is 0 Å². The quantitative estimate of drug-likeness (QED) is 0.588. The van der Waals surface area contributed by atoms with Crippen molar-refractivity contribution in [1.29, 1.82) is 0 Å². The number of hydrogen-bond acceptors (Lipinski definition) is 2. The second-order valence-electron chi connectivity index (χ2n) is 10.4. The molecular formula is C24H35NO. The van der Waals surface area contributed by atoms with Crippen molar-refractivity contribution in [3.8, 4) is 0 Å². The zero-order chi connectivity index (χ0) is 18.1. The highest BCUT2D eigenvalue weighted by Gasteiger charge is 2.73. The van der Waals surface area contributed by atoms with Gasteiger partial charge in [0, 0.05) is 5.41 Å². The van der Waals surface area contributed by atoms with Gasteiger partial charge in [0.25, 0.3) is 0 Å². The first-order valence-electron chi connectivity index (χ1n) is 11.1. The topological polar surface area (TPSA) is 43.1 Å². The van der Waals surface area contributed by atoms with Crippen molar-refractivity contribution in [2.24, 2.45) is 58.5 Å². The fourth-order valence-corrected chi connectivity index (χ4v) is 8.38. The first-order chi connectivity index (χ1) is 12.6. The van der Waals surface area contributed by atoms with Crippen LogP contribution in [-0.4, -0.2) is 12.3 Å². The van der Waals surface area contributed by atoms with Gasteiger partial charge in [0.05, 0.1) is 6.04 Å². The summed E-state index contributed by atoms with van der Waals surface area (Å²) in [7, 11) is 0. The monoisotopic (exact) mass is 353 g/mol. The van der Waals surface area contributed by atoms with E-state index in [0.29, 0.717) is 23.7 Å². The van der Waals surface area contributed by atoms with Gasteiger partial charge < -0.3 is 10.5 Å². The molecule has 5 aliphatic carbocycles. The Balaban J connectivity index is 1.51. The van der Waals surface area contributed by atoms with Gasteiger partial charge in [-0.2, -0.15) is 0 Å². The molecule has 0 unspecified atom stereocenters. The van der Waals surface area contributed by atoms with Crippen LogP contribution in [0.4, 0.5) is 0 Å². The van der Waals surface area contributed by atoms with E-state index < -0.39 is 0 Å². The van der Waals surface area contributed by atoms with Crippen LogP contribution in [0.3, 0.4) is 0 Å². The summed E-state index contributed by atoms with van der Waals surface area (Å²) in [6, 6.07) is -0.284. The third kappa shape index (κ3) is 2.23. The van der Waals surface area contributed by atoms with E-state index in [1.807, 2.05) is 0 Å². The number of aldehydes is 1. The van der Waals surface area contributed by atoms with Crippen molar-refractivity contribution in [3.63, 3.8) is 0 Å². The normalized spacial score (nSPS) is 53.4. The molecule has 0 aliphatic heterocycles. The van der Waals surface area contributed by atoms with Crippen LogP contribution in [-0.2, 0) is 4.79 Å². The van der Waals surface area contributed by atoms with Gasteiger partial charge in [-0.25, -0.2) is 0 Å². The number of nitrogens with two attached hydrogens (primary N) is 1. The second kappa shape index (κ2) is 6.06. The third-order valence-corrected chi connectivity index (χ3v) is 9.39. The van der Waals surface area contributed by atoms with E-state index in [0.717, 1.165) is 36.4 Å². The lowest BCUT2D eigenvalue weighted by Crippen LogP contribution is -2.43. The molecule has 2 heteroatoms. The Morgan fingerprint density at radius 2 is 2.08 bits per heavy atom. The minimum Gasteiger partial charge on any atom is -0.321 e. The van der Waals surface area contributed by atoms with E-state index in [4.69, 9.17) is 5.73 Å². The molecule has 0 aromatic heterocycles. The smallest absolute Gasteiger partial charge is 0.137 e. The van der Waals surface area contributed by atoms with E-state index in [1.165, 1.54) is 50.5 Å². The molecule has 0 heterocycles. The van der Waals surface area contributed by atoms with Gasteiger partial charge in [-0.05, 0) is 92.3 Å². The first kappa shape index (κ1) is 17.2. The minimum absolute atomic E-state index is 0.0550. The Kier molecular flexibility index (Phi) is 4.01. The Labute approximate surface area is 158 Å². The Morgan fingerprint density at radius 3 is 2.88 bits per heavy atom. The Morgan fingerprint density at radius 1 is 1.23 bits per heavy atom. The fourth-order valence-electron chi connectivity index (χ4n) is 8.38. The molecule has 0 saturated heterocycles. The Bertz CT molecular complexity index is 638. The molecule has 0 spiro atoms. The molecule has 4 saturated carbocycles. The summed E-state index contributed by atoms with van der Waals surface area (Å²) in [6.45, 7) is 6.87. The van der Waals surface area contributed by atoms with Crippen molar-refractivity contribution in [2.75, 3.05) is 0 Å². The molecule has 26 heavy (non-hydrogen) atoms. The molecule has 5 aliphatic rings. The fraction of sp³-hybridized carbons (Fsp3) is 0.792. The number of carbonyl (C=O) groups excluding carboxylic acids is 1. The average Bonchev–Trinajstić information content (AvgIpc) is 2.91. The van der Waals surface area contributed by atoms with Crippen molar-refractivity contribution >= 4 is 6.29 Å². The zero-order valence-electron chi connectivity index (χ0n) is 16.3. The predicted octanol–water partition coefficient (Wildman–Crippen LogP) is 4.75. The standard InChI is InChI=1S/C24H35NO/c1-14-10-19-15(2)6-9-21-23(20(19)11-14)24(21,22(25)13-26)18-8-7-16-4-3-5-17(16)12-18/h7-8,13-14,16-23H,2-6,9-12,25H2,1H3/t14-,16+,17-,18-,19+,20+,21+,22+,23-,24+/m0/s1. The third-order valence-electron chi connectivity index (χ3n) is 9.39. The number of carbonyl (C=O) groups is 1. The molecule has 2 nitrogen and oxygen atoms in total. The maximum Gasteiger partial charge on any atom is 0.137 e. The minimum atomic E-state index is -0.284. The van der Waals surface area contributed by atoms with Crippen LogP contribution in [0.5, 0.6) is 0 Å². The lowest BCUT2D eigenvalue weighted by Gasteiger charge is -2.38. The molecule has 0 aromatic carbocycles. The lowest BCUT2D eigenvalue weighted by molar-refractivity contribution is -0.111. The molecule has 0 radical (unpaired) electrons. The number of allylic oxidation sites excluding steroid dienone is 3. The lowest BCUT2D eigenvalue weighted by atomic mass is 9.67. The van der Waals surface area contributed by atoms with Crippen molar-refractivity contribution in [3.05, 3.63) is 24.3 Å². The molecule has 0 amide bonds. The van der Waals surface area contributed by atoms with E-state index in [9.17, 15) is 4.79 Å². The van der Waals surface area contributed by atoms with Crippen LogP contribution in [0.2, 0.25) is 0 Å². The molecule has 142 valence electrons. The van der Waals surface area contributed by atoms with Crippen LogP contribution in [0.15, 0.2) is 24.3 Å². The molecule has 0 bridgehead atoms. The van der Waals surface area contributed by atoms with Crippen LogP contribution in [0.1, 0.15) is 58.3 Å².